The highest BCUT2D eigenvalue weighted by Gasteiger charge is 2.61. The van der Waals surface area contributed by atoms with Crippen LogP contribution in [0.5, 0.6) is 5.75 Å². The summed E-state index contributed by atoms with van der Waals surface area (Å²) in [6.45, 7) is 12.1. The van der Waals surface area contributed by atoms with Gasteiger partial charge in [0, 0.05) is 18.1 Å². The smallest absolute Gasteiger partial charge is 0.333 e. The third kappa shape index (κ3) is 4.64. The molecule has 4 nitrogen and oxygen atoms in total. The van der Waals surface area contributed by atoms with Gasteiger partial charge in [0.1, 0.15) is 5.75 Å². The number of phenolic OH excluding ortho intramolecular Hbond substituents is 1. The fourth-order valence-corrected chi connectivity index (χ4v) is 6.37. The molecule has 180 valence electrons. The highest BCUT2D eigenvalue weighted by atomic mass is 16.7. The van der Waals surface area contributed by atoms with Crippen molar-refractivity contribution in [3.63, 3.8) is 0 Å². The van der Waals surface area contributed by atoms with E-state index in [4.69, 9.17) is 9.47 Å². The molecule has 1 heterocycles. The zero-order chi connectivity index (χ0) is 23.8. The maximum Gasteiger partial charge on any atom is 0.333 e. The second-order valence-electron chi connectivity index (χ2n) is 11.1. The predicted molar refractivity (Wildman–Crippen MR) is 131 cm³/mol. The van der Waals surface area contributed by atoms with Gasteiger partial charge >= 0.3 is 5.97 Å². The molecule has 3 aliphatic rings. The molecule has 6 atom stereocenters. The van der Waals surface area contributed by atoms with Gasteiger partial charge in [0.2, 0.25) is 5.79 Å². The van der Waals surface area contributed by atoms with Crippen LogP contribution in [0.3, 0.4) is 0 Å². The highest BCUT2D eigenvalue weighted by molar-refractivity contribution is 5.86. The molecule has 1 N–H and O–H groups in total. The van der Waals surface area contributed by atoms with Gasteiger partial charge in [-0.3, -0.25) is 0 Å². The van der Waals surface area contributed by atoms with Gasteiger partial charge < -0.3 is 14.6 Å². The van der Waals surface area contributed by atoms with Crippen LogP contribution in [-0.2, 0) is 20.7 Å². The van der Waals surface area contributed by atoms with Crippen molar-refractivity contribution in [1.29, 1.82) is 0 Å². The Labute approximate surface area is 199 Å². The molecule has 1 aromatic rings. The second-order valence-corrected chi connectivity index (χ2v) is 11.1. The molecule has 0 aromatic heterocycles. The van der Waals surface area contributed by atoms with Crippen molar-refractivity contribution in [3.05, 3.63) is 53.6 Å². The van der Waals surface area contributed by atoms with E-state index < -0.39 is 5.79 Å². The van der Waals surface area contributed by atoms with Crippen LogP contribution in [0.25, 0.3) is 0 Å². The summed E-state index contributed by atoms with van der Waals surface area (Å²) in [7, 11) is 0. The molecule has 1 aromatic carbocycles. The van der Waals surface area contributed by atoms with Crippen LogP contribution in [0.2, 0.25) is 0 Å². The van der Waals surface area contributed by atoms with Crippen molar-refractivity contribution in [2.24, 2.45) is 35.0 Å². The van der Waals surface area contributed by atoms with E-state index in [1.807, 2.05) is 12.1 Å². The Bertz CT molecular complexity index is 914. The maximum atomic E-state index is 12.4. The molecule has 0 spiro atoms. The molecule has 4 heteroatoms. The molecule has 0 bridgehead atoms. The summed E-state index contributed by atoms with van der Waals surface area (Å²) in [5.41, 5.74) is 2.33. The van der Waals surface area contributed by atoms with Gasteiger partial charge in [-0.1, -0.05) is 58.9 Å². The van der Waals surface area contributed by atoms with Crippen LogP contribution in [0.4, 0.5) is 0 Å². The summed E-state index contributed by atoms with van der Waals surface area (Å²) >= 11 is 0. The van der Waals surface area contributed by atoms with Gasteiger partial charge in [0.05, 0.1) is 6.61 Å². The average molecular weight is 453 g/mol. The third-order valence-electron chi connectivity index (χ3n) is 8.82. The molecular weight excluding hydrogens is 412 g/mol. The number of carbonyl (C=O) groups is 1. The summed E-state index contributed by atoms with van der Waals surface area (Å²) in [6.07, 6.45) is 11.3. The number of rotatable bonds is 8. The van der Waals surface area contributed by atoms with Crippen molar-refractivity contribution < 1.29 is 19.4 Å². The number of fused-ring (bicyclic) bond motifs is 3. The number of aromatic hydroxyl groups is 1. The number of hydrogen-bond acceptors (Lipinski definition) is 4. The Hall–Kier alpha value is -2.07. The number of carbonyl (C=O) groups excluding carboxylic acids is 1. The minimum absolute atomic E-state index is 0.161. The Morgan fingerprint density at radius 3 is 2.55 bits per heavy atom. The van der Waals surface area contributed by atoms with Gasteiger partial charge in [-0.15, -0.1) is 0 Å². The zero-order valence-corrected chi connectivity index (χ0v) is 20.8. The number of phenols is 1. The Morgan fingerprint density at radius 1 is 1.12 bits per heavy atom. The van der Waals surface area contributed by atoms with Crippen LogP contribution in [0.1, 0.15) is 65.9 Å². The first-order valence-electron chi connectivity index (χ1n) is 12.7. The lowest BCUT2D eigenvalue weighted by atomic mass is 9.59. The lowest BCUT2D eigenvalue weighted by Gasteiger charge is -2.49. The zero-order valence-electron chi connectivity index (χ0n) is 20.8. The van der Waals surface area contributed by atoms with E-state index in [1.165, 1.54) is 6.42 Å². The highest BCUT2D eigenvalue weighted by Crippen LogP contribution is 2.63. The Morgan fingerprint density at radius 2 is 1.85 bits per heavy atom. The van der Waals surface area contributed by atoms with Crippen LogP contribution in [0, 0.1) is 35.0 Å². The summed E-state index contributed by atoms with van der Waals surface area (Å²) in [5, 5.41) is 9.49. The fraction of sp³-hybridized carbons (Fsp3) is 0.621. The summed E-state index contributed by atoms with van der Waals surface area (Å²) in [5.74, 6) is 1.79. The molecule has 0 radical (unpaired) electrons. The third-order valence-corrected chi connectivity index (χ3v) is 8.82. The SMILES string of the molecule is CC(C)[C@@H](C)/C=C/[C@@H](C)[C@H]1CC[C@H]2C3=CC(=O)O[C@@]3(OCCc3ccc(O)cc3)CC[C@]12C. The fourth-order valence-electron chi connectivity index (χ4n) is 6.37. The van der Waals surface area contributed by atoms with Crippen molar-refractivity contribution in [1.82, 2.24) is 0 Å². The average Bonchev–Trinajstić information content (AvgIpc) is 3.29. The number of benzene rings is 1. The van der Waals surface area contributed by atoms with E-state index in [2.05, 4.69) is 46.8 Å². The molecule has 2 fully saturated rings. The molecule has 0 saturated heterocycles. The number of allylic oxidation sites excluding steroid dienone is 2. The van der Waals surface area contributed by atoms with E-state index in [0.29, 0.717) is 42.6 Å². The first-order valence-corrected chi connectivity index (χ1v) is 12.7. The number of ether oxygens (including phenoxy) is 2. The van der Waals surface area contributed by atoms with E-state index in [0.717, 1.165) is 30.4 Å². The van der Waals surface area contributed by atoms with Crippen molar-refractivity contribution in [3.8, 4) is 5.75 Å². The molecular formula is C29H40O4. The van der Waals surface area contributed by atoms with Crippen LogP contribution >= 0.6 is 0 Å². The normalized spacial score (nSPS) is 33.0. The lowest BCUT2D eigenvalue weighted by molar-refractivity contribution is -0.219. The Balaban J connectivity index is 1.47. The molecule has 1 aliphatic heterocycles. The van der Waals surface area contributed by atoms with E-state index >= 15 is 0 Å². The minimum atomic E-state index is -0.891. The topological polar surface area (TPSA) is 55.8 Å². The quantitative estimate of drug-likeness (QED) is 0.364. The largest absolute Gasteiger partial charge is 0.508 e. The van der Waals surface area contributed by atoms with Crippen LogP contribution in [-0.4, -0.2) is 23.5 Å². The molecule has 2 aliphatic carbocycles. The van der Waals surface area contributed by atoms with Gasteiger partial charge in [0.15, 0.2) is 0 Å². The first-order chi connectivity index (χ1) is 15.6. The van der Waals surface area contributed by atoms with E-state index in [1.54, 1.807) is 18.2 Å². The van der Waals surface area contributed by atoms with E-state index in [9.17, 15) is 9.90 Å². The molecule has 2 saturated carbocycles. The monoisotopic (exact) mass is 452 g/mol. The van der Waals surface area contributed by atoms with E-state index in [-0.39, 0.29) is 17.1 Å². The predicted octanol–water partition coefficient (Wildman–Crippen LogP) is 6.44. The van der Waals surface area contributed by atoms with Crippen LogP contribution in [0.15, 0.2) is 48.1 Å². The van der Waals surface area contributed by atoms with Crippen molar-refractivity contribution in [2.45, 2.75) is 72.5 Å². The van der Waals surface area contributed by atoms with Gasteiger partial charge in [-0.25, -0.2) is 4.79 Å². The molecule has 0 amide bonds. The summed E-state index contributed by atoms with van der Waals surface area (Å²) < 4.78 is 12.2. The minimum Gasteiger partial charge on any atom is -0.508 e. The molecule has 0 unspecified atom stereocenters. The molecule has 4 rings (SSSR count). The lowest BCUT2D eigenvalue weighted by Crippen LogP contribution is -2.48. The van der Waals surface area contributed by atoms with Crippen molar-refractivity contribution >= 4 is 5.97 Å². The number of hydrogen-bond donors (Lipinski definition) is 1. The summed E-state index contributed by atoms with van der Waals surface area (Å²) in [4.78, 5) is 12.4. The van der Waals surface area contributed by atoms with Gasteiger partial charge in [0.25, 0.3) is 0 Å². The van der Waals surface area contributed by atoms with Gasteiger partial charge in [-0.05, 0) is 78.4 Å². The Kier molecular flexibility index (Phi) is 6.77. The number of esters is 1. The standard InChI is InChI=1S/C29H40O4/c1-19(2)20(3)6-7-21(4)24-12-13-25-26-18-27(31)33-29(26,16-15-28(24,25)5)32-17-14-22-8-10-23(30)11-9-22/h6-11,18-21,24-25,30H,12-17H2,1-5H3/b7-6+/t20-,21+,24+,25-,28+,29-/m0/s1. The van der Waals surface area contributed by atoms with Gasteiger partial charge in [-0.2, -0.15) is 0 Å². The maximum absolute atomic E-state index is 12.4. The summed E-state index contributed by atoms with van der Waals surface area (Å²) in [6, 6.07) is 7.19. The second kappa shape index (κ2) is 9.29. The van der Waals surface area contributed by atoms with Crippen LogP contribution < -0.4 is 0 Å². The molecule has 33 heavy (non-hydrogen) atoms. The first kappa shape index (κ1) is 24.1. The van der Waals surface area contributed by atoms with Crippen molar-refractivity contribution in [2.75, 3.05) is 6.61 Å².